The highest BCUT2D eigenvalue weighted by Crippen LogP contribution is 1.93. The van der Waals surface area contributed by atoms with Crippen LogP contribution in [0.5, 0.6) is 0 Å². The molecule has 0 aliphatic heterocycles. The number of rotatable bonds is 9. The van der Waals surface area contributed by atoms with Crippen molar-refractivity contribution in [2.45, 2.75) is 26.2 Å². The molecule has 5 heteroatoms. The van der Waals surface area contributed by atoms with Gasteiger partial charge < -0.3 is 5.73 Å². The van der Waals surface area contributed by atoms with Crippen molar-refractivity contribution in [1.82, 2.24) is 10.6 Å². The molecule has 13 heavy (non-hydrogen) atoms. The van der Waals surface area contributed by atoms with Gasteiger partial charge in [-0.3, -0.25) is 0 Å². The van der Waals surface area contributed by atoms with Crippen LogP contribution in [0, 0.1) is 0 Å². The lowest BCUT2D eigenvalue weighted by atomic mass is 10.3. The molecule has 0 aliphatic rings. The van der Waals surface area contributed by atoms with Crippen LogP contribution in [0.2, 0.25) is 0 Å². The molecule has 0 aliphatic carbocycles. The summed E-state index contributed by atoms with van der Waals surface area (Å²) >= 11 is 0. The average Bonchev–Trinajstić information content (AvgIpc) is 2.17. The Labute approximate surface area is 80.0 Å². The summed E-state index contributed by atoms with van der Waals surface area (Å²) in [7, 11) is 1.47. The second-order valence-corrected chi connectivity index (χ2v) is 2.82. The minimum atomic E-state index is 0.692. The van der Waals surface area contributed by atoms with Crippen molar-refractivity contribution in [3.8, 4) is 0 Å². The summed E-state index contributed by atoms with van der Waals surface area (Å²) in [5.74, 6) is 0. The molecule has 0 aromatic carbocycles. The minimum absolute atomic E-state index is 0.692. The highest BCUT2D eigenvalue weighted by molar-refractivity contribution is 4.49. The molecule has 5 nitrogen and oxygen atoms in total. The fourth-order valence-corrected chi connectivity index (χ4v) is 0.924. The van der Waals surface area contributed by atoms with Crippen LogP contribution < -0.4 is 11.3 Å². The van der Waals surface area contributed by atoms with Crippen LogP contribution in [0.4, 0.5) is 0 Å². The molecule has 0 fully saturated rings. The molecule has 0 heterocycles. The van der Waals surface area contributed by atoms with E-state index in [2.05, 4.69) is 22.4 Å². The van der Waals surface area contributed by atoms with E-state index in [0.717, 1.165) is 32.4 Å². The van der Waals surface area contributed by atoms with E-state index in [1.54, 1.807) is 0 Å². The Kier molecular flexibility index (Phi) is 9.73. The molecule has 0 spiro atoms. The van der Waals surface area contributed by atoms with E-state index in [1.165, 1.54) is 7.11 Å². The van der Waals surface area contributed by atoms with Crippen molar-refractivity contribution < 1.29 is 9.88 Å². The summed E-state index contributed by atoms with van der Waals surface area (Å²) in [4.78, 5) is 9.07. The van der Waals surface area contributed by atoms with Crippen LogP contribution in [-0.2, 0) is 9.88 Å². The molecule has 0 amide bonds. The van der Waals surface area contributed by atoms with Crippen LogP contribution >= 0.6 is 0 Å². The van der Waals surface area contributed by atoms with Gasteiger partial charge >= 0.3 is 0 Å². The maximum absolute atomic E-state index is 5.41. The number of nitrogens with one attached hydrogen (secondary N) is 1. The zero-order valence-corrected chi connectivity index (χ0v) is 8.58. The number of unbranched alkanes of at least 4 members (excludes halogenated alkanes) is 1. The third-order valence-corrected chi connectivity index (χ3v) is 1.66. The van der Waals surface area contributed by atoms with Gasteiger partial charge in [0.25, 0.3) is 0 Å². The molecule has 0 saturated heterocycles. The topological polar surface area (TPSA) is 59.8 Å². The molecular formula is C8H21N3O2. The van der Waals surface area contributed by atoms with Crippen LogP contribution in [0.1, 0.15) is 26.2 Å². The summed E-state index contributed by atoms with van der Waals surface area (Å²) in [5.41, 5.74) is 8.10. The van der Waals surface area contributed by atoms with E-state index in [4.69, 9.17) is 5.73 Å². The second kappa shape index (κ2) is 9.88. The van der Waals surface area contributed by atoms with E-state index >= 15 is 0 Å². The van der Waals surface area contributed by atoms with Gasteiger partial charge in [0.1, 0.15) is 0 Å². The molecule has 0 saturated carbocycles. The van der Waals surface area contributed by atoms with E-state index in [9.17, 15) is 0 Å². The first-order valence-electron chi connectivity index (χ1n) is 4.75. The maximum atomic E-state index is 5.41. The van der Waals surface area contributed by atoms with E-state index < -0.39 is 0 Å². The highest BCUT2D eigenvalue weighted by atomic mass is 17.3. The van der Waals surface area contributed by atoms with Gasteiger partial charge in [-0.15, -0.1) is 10.6 Å². The fourth-order valence-electron chi connectivity index (χ4n) is 0.924. The van der Waals surface area contributed by atoms with Crippen molar-refractivity contribution in [2.75, 3.05) is 26.7 Å². The standard InChI is InChI=1S/C8H21N3O2/c1-3-4-7-11(8-5-6-9)10-13-12-2/h10H,3-9H2,1-2H3. The predicted molar refractivity (Wildman–Crippen MR) is 51.4 cm³/mol. The molecule has 3 N–H and O–H groups in total. The molecule has 80 valence electrons. The molecule has 0 atom stereocenters. The molecule has 0 bridgehead atoms. The van der Waals surface area contributed by atoms with Crippen LogP contribution in [-0.4, -0.2) is 31.8 Å². The molecule has 0 aromatic heterocycles. The molecule has 0 aromatic rings. The second-order valence-electron chi connectivity index (χ2n) is 2.82. The quantitative estimate of drug-likeness (QED) is 0.409. The van der Waals surface area contributed by atoms with Gasteiger partial charge in [-0.2, -0.15) is 0 Å². The van der Waals surface area contributed by atoms with Gasteiger partial charge in [0.2, 0.25) is 0 Å². The van der Waals surface area contributed by atoms with Crippen molar-refractivity contribution in [2.24, 2.45) is 5.73 Å². The predicted octanol–water partition coefficient (Wildman–Crippen LogP) is 0.435. The van der Waals surface area contributed by atoms with Crippen LogP contribution in [0.25, 0.3) is 0 Å². The number of hydrogen-bond donors (Lipinski definition) is 2. The van der Waals surface area contributed by atoms with Gasteiger partial charge in [-0.1, -0.05) is 13.3 Å². The van der Waals surface area contributed by atoms with Crippen LogP contribution in [0.3, 0.4) is 0 Å². The minimum Gasteiger partial charge on any atom is -0.330 e. The first kappa shape index (κ1) is 12.8. The number of nitrogens with zero attached hydrogens (tertiary/aromatic N) is 1. The smallest absolute Gasteiger partial charge is 0.0733 e. The van der Waals surface area contributed by atoms with E-state index in [1.807, 2.05) is 5.01 Å². The Morgan fingerprint density at radius 1 is 1.31 bits per heavy atom. The molecule has 0 radical (unpaired) electrons. The summed E-state index contributed by atoms with van der Waals surface area (Å²) in [6.07, 6.45) is 3.24. The lowest BCUT2D eigenvalue weighted by Crippen LogP contribution is -2.39. The third kappa shape index (κ3) is 8.14. The van der Waals surface area contributed by atoms with E-state index in [-0.39, 0.29) is 0 Å². The summed E-state index contributed by atoms with van der Waals surface area (Å²) in [5, 5.41) is 1.96. The molecule has 0 unspecified atom stereocenters. The Morgan fingerprint density at radius 2 is 2.00 bits per heavy atom. The zero-order valence-electron chi connectivity index (χ0n) is 8.58. The lowest BCUT2D eigenvalue weighted by molar-refractivity contribution is -0.353. The molecule has 0 rings (SSSR count). The van der Waals surface area contributed by atoms with Gasteiger partial charge in [0, 0.05) is 13.1 Å². The number of hydrazine groups is 1. The average molecular weight is 191 g/mol. The third-order valence-electron chi connectivity index (χ3n) is 1.66. The van der Waals surface area contributed by atoms with Gasteiger partial charge in [0.05, 0.1) is 7.11 Å². The maximum Gasteiger partial charge on any atom is 0.0733 e. The number of nitrogens with two attached hydrogens (primary N) is 1. The van der Waals surface area contributed by atoms with Crippen molar-refractivity contribution in [1.29, 1.82) is 0 Å². The highest BCUT2D eigenvalue weighted by Gasteiger charge is 2.02. The largest absolute Gasteiger partial charge is 0.330 e. The fraction of sp³-hybridized carbons (Fsp3) is 1.00. The number of hydrogen-bond acceptors (Lipinski definition) is 5. The van der Waals surface area contributed by atoms with Crippen LogP contribution in [0.15, 0.2) is 0 Å². The Balaban J connectivity index is 3.47. The first-order chi connectivity index (χ1) is 6.35. The summed E-state index contributed by atoms with van der Waals surface area (Å²) in [6, 6.07) is 0. The molecular weight excluding hydrogens is 170 g/mol. The van der Waals surface area contributed by atoms with Crippen molar-refractivity contribution in [3.05, 3.63) is 0 Å². The van der Waals surface area contributed by atoms with Crippen molar-refractivity contribution >= 4 is 0 Å². The monoisotopic (exact) mass is 191 g/mol. The Morgan fingerprint density at radius 3 is 2.54 bits per heavy atom. The normalized spacial score (nSPS) is 11.1. The SMILES string of the molecule is CCCCN(CCCN)NOOC. The Bertz CT molecular complexity index is 84.4. The Hall–Kier alpha value is -0.200. The van der Waals surface area contributed by atoms with Gasteiger partial charge in [-0.25, -0.2) is 9.90 Å². The summed E-state index contributed by atoms with van der Waals surface area (Å²) in [6.45, 7) is 4.66. The van der Waals surface area contributed by atoms with Gasteiger partial charge in [-0.05, 0) is 19.4 Å². The van der Waals surface area contributed by atoms with Gasteiger partial charge in [0.15, 0.2) is 0 Å². The zero-order chi connectivity index (χ0) is 9.94. The lowest BCUT2D eigenvalue weighted by Gasteiger charge is -2.20. The van der Waals surface area contributed by atoms with E-state index in [0.29, 0.717) is 6.54 Å². The van der Waals surface area contributed by atoms with Crippen molar-refractivity contribution in [3.63, 3.8) is 0 Å². The summed E-state index contributed by atoms with van der Waals surface area (Å²) < 4.78 is 0. The first-order valence-corrected chi connectivity index (χ1v) is 4.75.